The minimum Gasteiger partial charge on any atom is -0.490 e. The average Bonchev–Trinajstić information content (AvgIpc) is 3.23. The zero-order valence-electron chi connectivity index (χ0n) is 20.1. The molecular formula is C27H33N3O4. The second-order valence-electron chi connectivity index (χ2n) is 9.89. The fourth-order valence-electron chi connectivity index (χ4n) is 5.45. The van der Waals surface area contributed by atoms with Gasteiger partial charge in [0.15, 0.2) is 0 Å². The molecule has 2 heterocycles. The summed E-state index contributed by atoms with van der Waals surface area (Å²) >= 11 is 0. The molecule has 5 rings (SSSR count). The molecule has 0 unspecified atom stereocenters. The number of fused-ring (bicyclic) bond motifs is 3. The maximum atomic E-state index is 13.3. The monoisotopic (exact) mass is 463 g/mol. The molecule has 3 atom stereocenters. The lowest BCUT2D eigenvalue weighted by Crippen LogP contribution is -2.54. The highest BCUT2D eigenvalue weighted by Gasteiger charge is 2.39. The summed E-state index contributed by atoms with van der Waals surface area (Å²) < 4.78 is 12.4. The predicted molar refractivity (Wildman–Crippen MR) is 130 cm³/mol. The SMILES string of the molecule is CN(C)c1ccc2c(c1)C(=O)N(C)[C@H]1CC[C@@H](CC(=O)NC3Cc4ccccc4C3)O[C@H]1CO2. The van der Waals surface area contributed by atoms with Gasteiger partial charge in [-0.25, -0.2) is 0 Å². The van der Waals surface area contributed by atoms with Gasteiger partial charge in [-0.05, 0) is 55.0 Å². The fraction of sp³-hybridized carbons (Fsp3) is 0.481. The summed E-state index contributed by atoms with van der Waals surface area (Å²) in [5, 5.41) is 3.19. The molecule has 1 saturated heterocycles. The van der Waals surface area contributed by atoms with Crippen molar-refractivity contribution in [2.24, 2.45) is 0 Å². The van der Waals surface area contributed by atoms with E-state index < -0.39 is 0 Å². The van der Waals surface area contributed by atoms with Gasteiger partial charge in [-0.1, -0.05) is 24.3 Å². The number of benzene rings is 2. The van der Waals surface area contributed by atoms with Crippen molar-refractivity contribution in [3.63, 3.8) is 0 Å². The molecule has 0 spiro atoms. The number of ether oxygens (including phenoxy) is 2. The average molecular weight is 464 g/mol. The van der Waals surface area contributed by atoms with Gasteiger partial charge in [-0.3, -0.25) is 9.59 Å². The van der Waals surface area contributed by atoms with Crippen LogP contribution < -0.4 is 15.0 Å². The van der Waals surface area contributed by atoms with E-state index in [1.54, 1.807) is 4.90 Å². The highest BCUT2D eigenvalue weighted by atomic mass is 16.5. The quantitative estimate of drug-likeness (QED) is 0.755. The van der Waals surface area contributed by atoms with Gasteiger partial charge in [0.2, 0.25) is 5.91 Å². The molecule has 2 amide bonds. The van der Waals surface area contributed by atoms with E-state index in [1.807, 2.05) is 56.4 Å². The Balaban J connectivity index is 1.21. The van der Waals surface area contributed by atoms with Crippen molar-refractivity contribution in [1.29, 1.82) is 0 Å². The number of nitrogens with zero attached hydrogens (tertiary/aromatic N) is 2. The van der Waals surface area contributed by atoms with E-state index in [0.717, 1.165) is 31.4 Å². The Bertz CT molecular complexity index is 1060. The lowest BCUT2D eigenvalue weighted by Gasteiger charge is -2.42. The zero-order valence-corrected chi connectivity index (χ0v) is 20.1. The van der Waals surface area contributed by atoms with Crippen LogP contribution in [0, 0.1) is 0 Å². The van der Waals surface area contributed by atoms with Crippen LogP contribution >= 0.6 is 0 Å². The summed E-state index contributed by atoms with van der Waals surface area (Å²) in [6.45, 7) is 0.354. The minimum absolute atomic E-state index is 0.0269. The van der Waals surface area contributed by atoms with E-state index in [-0.39, 0.29) is 36.1 Å². The molecule has 180 valence electrons. The summed E-state index contributed by atoms with van der Waals surface area (Å²) in [7, 11) is 5.74. The molecule has 7 heteroatoms. The molecule has 2 aliphatic heterocycles. The maximum absolute atomic E-state index is 13.3. The first kappa shape index (κ1) is 22.7. The van der Waals surface area contributed by atoms with Gasteiger partial charge >= 0.3 is 0 Å². The number of nitrogens with one attached hydrogen (secondary N) is 1. The standard InChI is InChI=1S/C27H33N3O4/c1-29(2)20-8-11-24-22(14-20)27(32)30(3)23-10-9-21(34-25(23)16-33-24)15-26(31)28-19-12-17-6-4-5-7-18(17)13-19/h4-8,11,14,19,21,23,25H,9-10,12-13,15-16H2,1-3H3,(H,28,31)/t21-,23-,25-/m0/s1. The third-order valence-corrected chi connectivity index (χ3v) is 7.34. The molecule has 7 nitrogen and oxygen atoms in total. The van der Waals surface area contributed by atoms with Crippen LogP contribution in [0.4, 0.5) is 5.69 Å². The van der Waals surface area contributed by atoms with Crippen molar-refractivity contribution in [3.8, 4) is 5.75 Å². The van der Waals surface area contributed by atoms with Crippen LogP contribution in [0.15, 0.2) is 42.5 Å². The van der Waals surface area contributed by atoms with Gasteiger partial charge in [0, 0.05) is 32.9 Å². The van der Waals surface area contributed by atoms with Crippen LogP contribution in [0.2, 0.25) is 0 Å². The van der Waals surface area contributed by atoms with E-state index in [1.165, 1.54) is 11.1 Å². The number of anilines is 1. The van der Waals surface area contributed by atoms with E-state index in [2.05, 4.69) is 17.4 Å². The first-order chi connectivity index (χ1) is 16.4. The summed E-state index contributed by atoms with van der Waals surface area (Å²) in [4.78, 5) is 29.8. The first-order valence-corrected chi connectivity index (χ1v) is 12.1. The number of carbonyl (C=O) groups excluding carboxylic acids is 2. The van der Waals surface area contributed by atoms with Gasteiger partial charge in [0.05, 0.1) is 24.1 Å². The second-order valence-corrected chi connectivity index (χ2v) is 9.89. The molecule has 0 saturated carbocycles. The van der Waals surface area contributed by atoms with Crippen molar-refractivity contribution in [2.75, 3.05) is 32.6 Å². The first-order valence-electron chi connectivity index (χ1n) is 12.1. The molecule has 0 radical (unpaired) electrons. The van der Waals surface area contributed by atoms with E-state index in [0.29, 0.717) is 24.3 Å². The fourth-order valence-corrected chi connectivity index (χ4v) is 5.45. The zero-order chi connectivity index (χ0) is 23.8. The lowest BCUT2D eigenvalue weighted by molar-refractivity contribution is -0.134. The third kappa shape index (κ3) is 4.49. The summed E-state index contributed by atoms with van der Waals surface area (Å²) in [6.07, 6.45) is 3.18. The molecule has 1 N–H and O–H groups in total. The molecule has 1 fully saturated rings. The molecule has 34 heavy (non-hydrogen) atoms. The molecule has 2 aromatic carbocycles. The molecule has 0 bridgehead atoms. The summed E-state index contributed by atoms with van der Waals surface area (Å²) in [5.74, 6) is 0.540. The van der Waals surface area contributed by atoms with Crippen molar-refractivity contribution in [2.45, 2.75) is 56.4 Å². The summed E-state index contributed by atoms with van der Waals surface area (Å²) in [6, 6.07) is 14.1. The lowest BCUT2D eigenvalue weighted by atomic mass is 9.94. The Morgan fingerprint density at radius 1 is 1.12 bits per heavy atom. The van der Waals surface area contributed by atoms with Gasteiger partial charge in [-0.2, -0.15) is 0 Å². The summed E-state index contributed by atoms with van der Waals surface area (Å²) in [5.41, 5.74) is 4.17. The molecule has 2 aromatic rings. The Morgan fingerprint density at radius 2 is 1.85 bits per heavy atom. The normalized spacial score (nSPS) is 24.3. The van der Waals surface area contributed by atoms with Crippen LogP contribution in [0.3, 0.4) is 0 Å². The van der Waals surface area contributed by atoms with E-state index in [4.69, 9.17) is 9.47 Å². The van der Waals surface area contributed by atoms with Crippen LogP contribution in [-0.4, -0.2) is 68.8 Å². The van der Waals surface area contributed by atoms with Crippen LogP contribution in [0.5, 0.6) is 5.75 Å². The largest absolute Gasteiger partial charge is 0.490 e. The van der Waals surface area contributed by atoms with Crippen molar-refractivity contribution >= 4 is 17.5 Å². The highest BCUT2D eigenvalue weighted by molar-refractivity contribution is 5.98. The minimum atomic E-state index is -0.266. The Morgan fingerprint density at radius 3 is 2.56 bits per heavy atom. The van der Waals surface area contributed by atoms with E-state index >= 15 is 0 Å². The number of amides is 2. The number of hydrogen-bond acceptors (Lipinski definition) is 5. The molecule has 1 aliphatic carbocycles. The van der Waals surface area contributed by atoms with Crippen molar-refractivity contribution in [1.82, 2.24) is 10.2 Å². The maximum Gasteiger partial charge on any atom is 0.257 e. The number of rotatable bonds is 4. The second kappa shape index (κ2) is 9.29. The smallest absolute Gasteiger partial charge is 0.257 e. The van der Waals surface area contributed by atoms with Crippen molar-refractivity contribution < 1.29 is 19.1 Å². The number of carbonyl (C=O) groups is 2. The van der Waals surface area contributed by atoms with Crippen molar-refractivity contribution in [3.05, 3.63) is 59.2 Å². The van der Waals surface area contributed by atoms with Gasteiger partial charge in [0.25, 0.3) is 5.91 Å². The van der Waals surface area contributed by atoms with Crippen LogP contribution in [-0.2, 0) is 22.4 Å². The van der Waals surface area contributed by atoms with Crippen LogP contribution in [0.25, 0.3) is 0 Å². The third-order valence-electron chi connectivity index (χ3n) is 7.34. The van der Waals surface area contributed by atoms with Gasteiger partial charge < -0.3 is 24.6 Å². The molecule has 0 aromatic heterocycles. The number of likely N-dealkylation sites (N-methyl/N-ethyl adjacent to an activating group) is 1. The highest BCUT2D eigenvalue weighted by Crippen LogP contribution is 2.33. The topological polar surface area (TPSA) is 71.1 Å². The Labute approximate surface area is 201 Å². The van der Waals surface area contributed by atoms with Gasteiger partial charge in [-0.15, -0.1) is 0 Å². The predicted octanol–water partition coefficient (Wildman–Crippen LogP) is 2.81. The Kier molecular flexibility index (Phi) is 6.21. The van der Waals surface area contributed by atoms with Gasteiger partial charge in [0.1, 0.15) is 18.5 Å². The van der Waals surface area contributed by atoms with E-state index in [9.17, 15) is 9.59 Å². The molecule has 3 aliphatic rings. The van der Waals surface area contributed by atoms with Crippen LogP contribution in [0.1, 0.15) is 40.7 Å². The number of hydrogen-bond donors (Lipinski definition) is 1. The molecular weight excluding hydrogens is 430 g/mol. The Hall–Kier alpha value is -3.06.